The molecule has 0 saturated carbocycles. The van der Waals surface area contributed by atoms with Gasteiger partial charge in [-0.15, -0.1) is 0 Å². The number of amides is 2. The van der Waals surface area contributed by atoms with Gasteiger partial charge in [0, 0.05) is 18.7 Å². The van der Waals surface area contributed by atoms with E-state index < -0.39 is 22.0 Å². The molecule has 1 saturated heterocycles. The minimum atomic E-state index is -3.74. The van der Waals surface area contributed by atoms with Crippen LogP contribution in [0.25, 0.3) is 0 Å². The van der Waals surface area contributed by atoms with Crippen LogP contribution < -0.4 is 15.4 Å². The van der Waals surface area contributed by atoms with E-state index in [1.165, 1.54) is 36.5 Å². The Bertz CT molecular complexity index is 1040. The molecule has 1 aliphatic heterocycles. The van der Waals surface area contributed by atoms with E-state index in [1.54, 1.807) is 30.3 Å². The molecule has 0 radical (unpaired) electrons. The maximum Gasteiger partial charge on any atom is 0.251 e. The molecule has 31 heavy (non-hydrogen) atoms. The number of nitrogens with one attached hydrogen (secondary N) is 2. The van der Waals surface area contributed by atoms with Crippen molar-refractivity contribution in [1.29, 1.82) is 0 Å². The molecule has 2 amide bonds. The number of anilines is 1. The Hall–Kier alpha value is -2.95. The van der Waals surface area contributed by atoms with Gasteiger partial charge in [-0.1, -0.05) is 18.2 Å². The minimum absolute atomic E-state index is 0.0338. The van der Waals surface area contributed by atoms with Crippen LogP contribution in [-0.4, -0.2) is 64.0 Å². The van der Waals surface area contributed by atoms with Gasteiger partial charge in [-0.3, -0.25) is 9.59 Å². The molecule has 2 aromatic carbocycles. The molecule has 2 aromatic rings. The number of rotatable bonds is 7. The third kappa shape index (κ3) is 5.40. The molecule has 0 bridgehead atoms. The summed E-state index contributed by atoms with van der Waals surface area (Å²) in [6, 6.07) is 11.9. The largest absolute Gasteiger partial charge is 0.495 e. The third-order valence-corrected chi connectivity index (χ3v) is 6.71. The van der Waals surface area contributed by atoms with Gasteiger partial charge < -0.3 is 20.1 Å². The van der Waals surface area contributed by atoms with Gasteiger partial charge in [0.2, 0.25) is 15.9 Å². The highest BCUT2D eigenvalue weighted by atomic mass is 32.2. The fraction of sp³-hybridized carbons (Fsp3) is 0.333. The second-order valence-electron chi connectivity index (χ2n) is 6.93. The molecule has 3 rings (SSSR count). The first-order valence-electron chi connectivity index (χ1n) is 9.75. The van der Waals surface area contributed by atoms with Crippen LogP contribution in [0.3, 0.4) is 0 Å². The number of hydrogen-bond acceptors (Lipinski definition) is 6. The highest BCUT2D eigenvalue weighted by molar-refractivity contribution is 7.89. The van der Waals surface area contributed by atoms with Gasteiger partial charge in [0.1, 0.15) is 11.8 Å². The number of hydrogen-bond donors (Lipinski definition) is 2. The van der Waals surface area contributed by atoms with E-state index in [2.05, 4.69) is 10.6 Å². The molecule has 166 valence electrons. The number of carbonyl (C=O) groups is 2. The van der Waals surface area contributed by atoms with Crippen molar-refractivity contribution in [3.8, 4) is 5.75 Å². The van der Waals surface area contributed by atoms with E-state index in [0.29, 0.717) is 24.5 Å². The van der Waals surface area contributed by atoms with Gasteiger partial charge in [-0.25, -0.2) is 8.42 Å². The quantitative estimate of drug-likeness (QED) is 0.665. The number of methoxy groups -OCH3 is 1. The van der Waals surface area contributed by atoms with Crippen molar-refractivity contribution in [3.63, 3.8) is 0 Å². The third-order valence-electron chi connectivity index (χ3n) is 4.81. The lowest BCUT2D eigenvalue weighted by atomic mass is 10.2. The van der Waals surface area contributed by atoms with Gasteiger partial charge in [-0.2, -0.15) is 4.31 Å². The molecule has 1 aliphatic rings. The summed E-state index contributed by atoms with van der Waals surface area (Å²) in [5, 5.41) is 5.27. The van der Waals surface area contributed by atoms with Crippen molar-refractivity contribution < 1.29 is 27.5 Å². The van der Waals surface area contributed by atoms with Gasteiger partial charge in [0.15, 0.2) is 0 Å². The Morgan fingerprint density at radius 1 is 1.10 bits per heavy atom. The second kappa shape index (κ2) is 9.90. The first-order valence-corrected chi connectivity index (χ1v) is 11.2. The summed E-state index contributed by atoms with van der Waals surface area (Å²) in [5.41, 5.74) is 0.626. The number of ether oxygens (including phenoxy) is 2. The topological polar surface area (TPSA) is 114 Å². The maximum absolute atomic E-state index is 12.9. The SMILES string of the molecule is COc1ccc(S(=O)(=O)N2CCOCC2)cc1NC(=O)C(C)NC(=O)c1ccccc1. The lowest BCUT2D eigenvalue weighted by Gasteiger charge is -2.26. The molecular weight excluding hydrogens is 422 g/mol. The summed E-state index contributed by atoms with van der Waals surface area (Å²) >= 11 is 0. The van der Waals surface area contributed by atoms with E-state index in [-0.39, 0.29) is 29.6 Å². The van der Waals surface area contributed by atoms with E-state index in [1.807, 2.05) is 0 Å². The zero-order valence-electron chi connectivity index (χ0n) is 17.3. The lowest BCUT2D eigenvalue weighted by molar-refractivity contribution is -0.117. The van der Waals surface area contributed by atoms with Crippen LogP contribution in [0.15, 0.2) is 53.4 Å². The van der Waals surface area contributed by atoms with Crippen molar-refractivity contribution >= 4 is 27.5 Å². The van der Waals surface area contributed by atoms with Gasteiger partial charge in [0.05, 0.1) is 30.9 Å². The van der Waals surface area contributed by atoms with Crippen molar-refractivity contribution in [3.05, 3.63) is 54.1 Å². The van der Waals surface area contributed by atoms with E-state index in [4.69, 9.17) is 9.47 Å². The Labute approximate surface area is 181 Å². The molecule has 2 N–H and O–H groups in total. The van der Waals surface area contributed by atoms with Crippen molar-refractivity contribution in [2.24, 2.45) is 0 Å². The maximum atomic E-state index is 12.9. The van der Waals surface area contributed by atoms with E-state index in [9.17, 15) is 18.0 Å². The van der Waals surface area contributed by atoms with Gasteiger partial charge >= 0.3 is 0 Å². The Balaban J connectivity index is 1.76. The van der Waals surface area contributed by atoms with Crippen LogP contribution in [0.4, 0.5) is 5.69 Å². The van der Waals surface area contributed by atoms with Crippen LogP contribution in [0.5, 0.6) is 5.75 Å². The Morgan fingerprint density at radius 2 is 1.77 bits per heavy atom. The molecule has 1 unspecified atom stereocenters. The van der Waals surface area contributed by atoms with Crippen LogP contribution in [0, 0.1) is 0 Å². The summed E-state index contributed by atoms with van der Waals surface area (Å²) in [4.78, 5) is 25.0. The fourth-order valence-corrected chi connectivity index (χ4v) is 4.49. The molecule has 0 aliphatic carbocycles. The first-order chi connectivity index (χ1) is 14.8. The van der Waals surface area contributed by atoms with Crippen LogP contribution >= 0.6 is 0 Å². The second-order valence-corrected chi connectivity index (χ2v) is 8.87. The first kappa shape index (κ1) is 22.7. The predicted octanol–water partition coefficient (Wildman–Crippen LogP) is 1.47. The molecule has 0 spiro atoms. The van der Waals surface area contributed by atoms with Crippen LogP contribution in [0.1, 0.15) is 17.3 Å². The summed E-state index contributed by atoms with van der Waals surface area (Å²) < 4.78 is 37.7. The molecule has 1 fully saturated rings. The van der Waals surface area contributed by atoms with Gasteiger partial charge in [0.25, 0.3) is 5.91 Å². The van der Waals surface area contributed by atoms with Gasteiger partial charge in [-0.05, 0) is 37.3 Å². The molecule has 10 heteroatoms. The molecule has 1 heterocycles. The van der Waals surface area contributed by atoms with Crippen molar-refractivity contribution in [2.75, 3.05) is 38.7 Å². The summed E-state index contributed by atoms with van der Waals surface area (Å²) in [7, 11) is -2.33. The average molecular weight is 448 g/mol. The number of morpholine rings is 1. The highest BCUT2D eigenvalue weighted by Crippen LogP contribution is 2.29. The van der Waals surface area contributed by atoms with Crippen LogP contribution in [-0.2, 0) is 19.6 Å². The van der Waals surface area contributed by atoms with Crippen molar-refractivity contribution in [1.82, 2.24) is 9.62 Å². The van der Waals surface area contributed by atoms with E-state index in [0.717, 1.165) is 0 Å². The number of carbonyl (C=O) groups excluding carboxylic acids is 2. The number of sulfonamides is 1. The standard InChI is InChI=1S/C21H25N3O6S/c1-15(22-21(26)16-6-4-3-5-7-16)20(25)23-18-14-17(8-9-19(18)29-2)31(27,28)24-10-12-30-13-11-24/h3-9,14-15H,10-13H2,1-2H3,(H,22,26)(H,23,25). The highest BCUT2D eigenvalue weighted by Gasteiger charge is 2.27. The minimum Gasteiger partial charge on any atom is -0.495 e. The molecule has 1 atom stereocenters. The zero-order chi connectivity index (χ0) is 22.4. The Kier molecular flexibility index (Phi) is 7.26. The monoisotopic (exact) mass is 447 g/mol. The molecule has 0 aromatic heterocycles. The summed E-state index contributed by atoms with van der Waals surface area (Å²) in [6.07, 6.45) is 0. The normalized spacial score (nSPS) is 15.7. The average Bonchev–Trinajstić information content (AvgIpc) is 2.80. The smallest absolute Gasteiger partial charge is 0.251 e. The zero-order valence-corrected chi connectivity index (χ0v) is 18.1. The van der Waals surface area contributed by atoms with Crippen LogP contribution in [0.2, 0.25) is 0 Å². The van der Waals surface area contributed by atoms with E-state index >= 15 is 0 Å². The molecular formula is C21H25N3O6S. The predicted molar refractivity (Wildman–Crippen MR) is 115 cm³/mol. The fourth-order valence-electron chi connectivity index (χ4n) is 3.06. The number of benzene rings is 2. The Morgan fingerprint density at radius 3 is 2.42 bits per heavy atom. The lowest BCUT2D eigenvalue weighted by Crippen LogP contribution is -2.42. The number of nitrogens with zero attached hydrogens (tertiary/aromatic N) is 1. The van der Waals surface area contributed by atoms with Crippen molar-refractivity contribution in [2.45, 2.75) is 17.9 Å². The summed E-state index contributed by atoms with van der Waals surface area (Å²) in [5.74, 6) is -0.599. The summed E-state index contributed by atoms with van der Waals surface area (Å²) in [6.45, 7) is 2.73. The molecule has 9 nitrogen and oxygen atoms in total.